The molecule has 2 N–H and O–H groups in total. The summed E-state index contributed by atoms with van der Waals surface area (Å²) < 4.78 is 11.6. The molecular formula is C23H19N3O3S2. The van der Waals surface area contributed by atoms with Gasteiger partial charge < -0.3 is 14.8 Å². The number of para-hydroxylation sites is 1. The summed E-state index contributed by atoms with van der Waals surface area (Å²) in [6.07, 6.45) is 0. The minimum absolute atomic E-state index is 0.196. The number of rotatable bonds is 5. The quantitative estimate of drug-likeness (QED) is 0.413. The van der Waals surface area contributed by atoms with Gasteiger partial charge in [-0.2, -0.15) is 0 Å². The predicted molar refractivity (Wildman–Crippen MR) is 128 cm³/mol. The van der Waals surface area contributed by atoms with E-state index in [-0.39, 0.29) is 11.0 Å². The highest BCUT2D eigenvalue weighted by molar-refractivity contribution is 7.80. The number of nitrogens with one attached hydrogen (secondary N) is 2. The zero-order valence-electron chi connectivity index (χ0n) is 16.8. The van der Waals surface area contributed by atoms with Crippen LogP contribution in [0.5, 0.6) is 11.5 Å². The first-order valence-corrected chi connectivity index (χ1v) is 10.6. The fourth-order valence-electron chi connectivity index (χ4n) is 3.04. The van der Waals surface area contributed by atoms with Crippen molar-refractivity contribution in [1.29, 1.82) is 0 Å². The Kier molecular flexibility index (Phi) is 6.11. The lowest BCUT2D eigenvalue weighted by Crippen LogP contribution is -2.34. The van der Waals surface area contributed by atoms with E-state index in [0.717, 1.165) is 26.5 Å². The third-order valence-corrected chi connectivity index (χ3v) is 5.82. The van der Waals surface area contributed by atoms with Crippen molar-refractivity contribution < 1.29 is 14.3 Å². The zero-order chi connectivity index (χ0) is 21.8. The normalized spacial score (nSPS) is 10.5. The standard InChI is InChI=1S/C23H19N3O3S2/c1-28-18-11-10-14(13-19(18)29-2)21(27)26-23(30)24-16-7-5-6-15(12-16)22-25-17-8-3-4-9-20(17)31-22/h3-13H,1-2H3,(H2,24,26,27,30). The number of thiazole rings is 1. The van der Waals surface area contributed by atoms with Gasteiger partial charge >= 0.3 is 0 Å². The molecule has 1 aromatic heterocycles. The first kappa shape index (κ1) is 20.8. The van der Waals surface area contributed by atoms with Gasteiger partial charge in [-0.1, -0.05) is 24.3 Å². The Morgan fingerprint density at radius 3 is 2.55 bits per heavy atom. The van der Waals surface area contributed by atoms with Crippen LogP contribution in [0.3, 0.4) is 0 Å². The molecule has 31 heavy (non-hydrogen) atoms. The number of carbonyl (C=O) groups excluding carboxylic acids is 1. The average Bonchev–Trinajstić information content (AvgIpc) is 3.23. The Bertz CT molecular complexity index is 1240. The summed E-state index contributed by atoms with van der Waals surface area (Å²) in [7, 11) is 3.06. The number of thiocarbonyl (C=S) groups is 1. The van der Waals surface area contributed by atoms with Gasteiger partial charge in [0.05, 0.1) is 24.4 Å². The van der Waals surface area contributed by atoms with Crippen LogP contribution in [0.4, 0.5) is 5.69 Å². The topological polar surface area (TPSA) is 72.5 Å². The van der Waals surface area contributed by atoms with Crippen molar-refractivity contribution in [3.8, 4) is 22.1 Å². The number of amides is 1. The predicted octanol–water partition coefficient (Wildman–Crippen LogP) is 5.11. The Balaban J connectivity index is 1.46. The fourth-order valence-corrected chi connectivity index (χ4v) is 4.21. The smallest absolute Gasteiger partial charge is 0.257 e. The molecule has 0 saturated carbocycles. The minimum Gasteiger partial charge on any atom is -0.493 e. The van der Waals surface area contributed by atoms with Crippen LogP contribution in [-0.4, -0.2) is 30.2 Å². The molecule has 0 saturated heterocycles. The number of fused-ring (bicyclic) bond motifs is 1. The molecular weight excluding hydrogens is 430 g/mol. The molecule has 4 aromatic rings. The van der Waals surface area contributed by atoms with E-state index in [1.54, 1.807) is 36.6 Å². The van der Waals surface area contributed by atoms with Crippen molar-refractivity contribution in [2.75, 3.05) is 19.5 Å². The second kappa shape index (κ2) is 9.11. The summed E-state index contributed by atoms with van der Waals surface area (Å²) in [6.45, 7) is 0. The van der Waals surface area contributed by atoms with Crippen LogP contribution in [0.25, 0.3) is 20.8 Å². The van der Waals surface area contributed by atoms with Crippen LogP contribution in [0.2, 0.25) is 0 Å². The number of methoxy groups -OCH3 is 2. The largest absolute Gasteiger partial charge is 0.493 e. The van der Waals surface area contributed by atoms with Crippen molar-refractivity contribution in [2.24, 2.45) is 0 Å². The van der Waals surface area contributed by atoms with Crippen LogP contribution < -0.4 is 20.1 Å². The van der Waals surface area contributed by atoms with E-state index >= 15 is 0 Å². The Hall–Kier alpha value is -3.49. The fraction of sp³-hybridized carbons (Fsp3) is 0.0870. The summed E-state index contributed by atoms with van der Waals surface area (Å²) in [5, 5.41) is 6.86. The lowest BCUT2D eigenvalue weighted by Gasteiger charge is -2.12. The molecule has 1 heterocycles. The molecule has 0 fully saturated rings. The lowest BCUT2D eigenvalue weighted by molar-refractivity contribution is 0.0977. The number of ether oxygens (including phenoxy) is 2. The minimum atomic E-state index is -0.346. The summed E-state index contributed by atoms with van der Waals surface area (Å²) in [5.74, 6) is 0.671. The van der Waals surface area contributed by atoms with E-state index in [0.29, 0.717) is 17.1 Å². The molecule has 156 valence electrons. The van der Waals surface area contributed by atoms with Crippen LogP contribution in [0, 0.1) is 0 Å². The molecule has 1 amide bonds. The van der Waals surface area contributed by atoms with E-state index in [1.807, 2.05) is 42.5 Å². The number of hydrogen-bond acceptors (Lipinski definition) is 6. The number of aromatic nitrogens is 1. The van der Waals surface area contributed by atoms with Crippen molar-refractivity contribution in [3.63, 3.8) is 0 Å². The van der Waals surface area contributed by atoms with Gasteiger partial charge in [0.2, 0.25) is 0 Å². The van der Waals surface area contributed by atoms with Gasteiger partial charge in [0, 0.05) is 16.8 Å². The molecule has 0 atom stereocenters. The molecule has 4 rings (SSSR count). The molecule has 3 aromatic carbocycles. The van der Waals surface area contributed by atoms with E-state index < -0.39 is 0 Å². The molecule has 0 aliphatic rings. The Morgan fingerprint density at radius 1 is 0.968 bits per heavy atom. The second-order valence-corrected chi connectivity index (χ2v) is 7.98. The van der Waals surface area contributed by atoms with Gasteiger partial charge in [-0.15, -0.1) is 11.3 Å². The average molecular weight is 450 g/mol. The first-order valence-electron chi connectivity index (χ1n) is 9.38. The molecule has 0 spiro atoms. The SMILES string of the molecule is COc1ccc(C(=O)NC(=S)Nc2cccc(-c3nc4ccccc4s3)c2)cc1OC. The number of benzene rings is 3. The highest BCUT2D eigenvalue weighted by atomic mass is 32.1. The highest BCUT2D eigenvalue weighted by Gasteiger charge is 2.13. The highest BCUT2D eigenvalue weighted by Crippen LogP contribution is 2.31. The number of carbonyl (C=O) groups is 1. The van der Waals surface area contributed by atoms with Crippen molar-refractivity contribution in [3.05, 3.63) is 72.3 Å². The maximum atomic E-state index is 12.6. The molecule has 0 unspecified atom stereocenters. The maximum absolute atomic E-state index is 12.6. The third-order valence-electron chi connectivity index (χ3n) is 4.53. The van der Waals surface area contributed by atoms with Crippen LogP contribution >= 0.6 is 23.6 Å². The molecule has 8 heteroatoms. The molecule has 0 bridgehead atoms. The molecule has 0 aliphatic carbocycles. The van der Waals surface area contributed by atoms with Crippen LogP contribution in [0.15, 0.2) is 66.7 Å². The summed E-state index contributed by atoms with van der Waals surface area (Å²) in [4.78, 5) is 17.2. The van der Waals surface area contributed by atoms with Gasteiger partial charge in [0.1, 0.15) is 5.01 Å². The van der Waals surface area contributed by atoms with Crippen LogP contribution in [0.1, 0.15) is 10.4 Å². The maximum Gasteiger partial charge on any atom is 0.257 e. The van der Waals surface area contributed by atoms with Gasteiger partial charge in [-0.25, -0.2) is 4.98 Å². The van der Waals surface area contributed by atoms with E-state index in [9.17, 15) is 4.79 Å². The lowest BCUT2D eigenvalue weighted by atomic mass is 10.2. The Morgan fingerprint density at radius 2 is 1.77 bits per heavy atom. The molecule has 0 radical (unpaired) electrons. The van der Waals surface area contributed by atoms with Crippen molar-refractivity contribution in [2.45, 2.75) is 0 Å². The van der Waals surface area contributed by atoms with E-state index in [1.165, 1.54) is 7.11 Å². The summed E-state index contributed by atoms with van der Waals surface area (Å²) >= 11 is 6.95. The number of hydrogen-bond donors (Lipinski definition) is 2. The number of anilines is 1. The van der Waals surface area contributed by atoms with Crippen molar-refractivity contribution >= 4 is 50.5 Å². The van der Waals surface area contributed by atoms with Gasteiger partial charge in [0.25, 0.3) is 5.91 Å². The second-order valence-electron chi connectivity index (χ2n) is 6.55. The summed E-state index contributed by atoms with van der Waals surface area (Å²) in [5.41, 5.74) is 3.11. The Labute approximate surface area is 188 Å². The number of nitrogens with zero attached hydrogens (tertiary/aromatic N) is 1. The first-order chi connectivity index (χ1) is 15.1. The van der Waals surface area contributed by atoms with Gasteiger partial charge in [0.15, 0.2) is 16.6 Å². The van der Waals surface area contributed by atoms with Crippen LogP contribution in [-0.2, 0) is 0 Å². The van der Waals surface area contributed by atoms with Gasteiger partial charge in [-0.3, -0.25) is 10.1 Å². The zero-order valence-corrected chi connectivity index (χ0v) is 18.5. The third kappa shape index (κ3) is 4.65. The van der Waals surface area contributed by atoms with E-state index in [4.69, 9.17) is 21.7 Å². The van der Waals surface area contributed by atoms with Gasteiger partial charge in [-0.05, 0) is 54.7 Å². The molecule has 6 nitrogen and oxygen atoms in total. The summed E-state index contributed by atoms with van der Waals surface area (Å²) in [6, 6.07) is 20.7. The van der Waals surface area contributed by atoms with Crippen molar-refractivity contribution in [1.82, 2.24) is 10.3 Å². The van der Waals surface area contributed by atoms with E-state index in [2.05, 4.69) is 21.7 Å². The monoisotopic (exact) mass is 449 g/mol. The molecule has 0 aliphatic heterocycles.